The van der Waals surface area contributed by atoms with E-state index in [0.717, 1.165) is 30.1 Å². The minimum absolute atomic E-state index is 0.0161. The van der Waals surface area contributed by atoms with Gasteiger partial charge in [-0.15, -0.1) is 0 Å². The van der Waals surface area contributed by atoms with E-state index in [1.807, 2.05) is 31.1 Å². The number of amides is 2. The van der Waals surface area contributed by atoms with Crippen LogP contribution in [0.4, 0.5) is 9.80 Å². The molecule has 7 nitrogen and oxygen atoms in total. The van der Waals surface area contributed by atoms with Crippen molar-refractivity contribution in [1.82, 2.24) is 14.6 Å². The zero-order valence-corrected chi connectivity index (χ0v) is 17.4. The van der Waals surface area contributed by atoms with E-state index in [1.165, 1.54) is 11.8 Å². The van der Waals surface area contributed by atoms with Crippen molar-refractivity contribution in [3.8, 4) is 0 Å². The van der Waals surface area contributed by atoms with Gasteiger partial charge in [0.05, 0.1) is 0 Å². The highest BCUT2D eigenvalue weighted by Gasteiger charge is 2.22. The largest absolute Gasteiger partial charge is 0.477 e. The third-order valence-electron chi connectivity index (χ3n) is 3.46. The molecule has 0 saturated carbocycles. The first-order valence-electron chi connectivity index (χ1n) is 8.16. The molecule has 0 spiro atoms. The molecule has 10 heteroatoms. The number of carboxylic acids is 1. The fourth-order valence-electron chi connectivity index (χ4n) is 2.12. The summed E-state index contributed by atoms with van der Waals surface area (Å²) in [5.74, 6) is -0.567. The number of aromatic nitrogens is 1. The highest BCUT2D eigenvalue weighted by atomic mass is 35.5. The number of benzene rings is 1. The SMILES string of the molecule is CN(C)CCCNC(=O)Nc1snc(SCc2ccc(Cl)cc2)c1C(=O)O. The maximum Gasteiger partial charge on any atom is 0.341 e. The first kappa shape index (κ1) is 21.5. The van der Waals surface area contributed by atoms with Crippen LogP contribution in [0.1, 0.15) is 22.3 Å². The van der Waals surface area contributed by atoms with Crippen LogP contribution in [0.3, 0.4) is 0 Å². The van der Waals surface area contributed by atoms with Crippen molar-refractivity contribution < 1.29 is 14.7 Å². The second-order valence-electron chi connectivity index (χ2n) is 5.95. The maximum absolute atomic E-state index is 12.0. The predicted molar refractivity (Wildman–Crippen MR) is 110 cm³/mol. The molecule has 0 fully saturated rings. The zero-order chi connectivity index (χ0) is 19.8. The van der Waals surface area contributed by atoms with E-state index in [2.05, 4.69) is 15.0 Å². The number of aromatic carboxylic acids is 1. The molecule has 0 unspecified atom stereocenters. The maximum atomic E-state index is 12.0. The van der Waals surface area contributed by atoms with Crippen LogP contribution in [0.15, 0.2) is 29.3 Å². The monoisotopic (exact) mass is 428 g/mol. The summed E-state index contributed by atoms with van der Waals surface area (Å²) in [6.45, 7) is 1.36. The van der Waals surface area contributed by atoms with E-state index < -0.39 is 12.0 Å². The van der Waals surface area contributed by atoms with Gasteiger partial charge in [0, 0.05) is 17.3 Å². The molecule has 0 atom stereocenters. The fraction of sp³-hybridized carbons (Fsp3) is 0.353. The average Bonchev–Trinajstić information content (AvgIpc) is 3.01. The standard InChI is InChI=1S/C17H21ClN4O3S2/c1-22(2)9-3-8-19-17(25)20-14-13(16(23)24)15(21-27-14)26-10-11-4-6-12(18)7-5-11/h4-7H,3,8-10H2,1-2H3,(H,23,24)(H2,19,20,25). The minimum Gasteiger partial charge on any atom is -0.477 e. The summed E-state index contributed by atoms with van der Waals surface area (Å²) in [4.78, 5) is 25.6. The Kier molecular flexibility index (Phi) is 8.36. The van der Waals surface area contributed by atoms with Gasteiger partial charge in [0.15, 0.2) is 0 Å². The van der Waals surface area contributed by atoms with Gasteiger partial charge in [-0.1, -0.05) is 35.5 Å². The number of carboxylic acid groups (broad SMARTS) is 1. The lowest BCUT2D eigenvalue weighted by Crippen LogP contribution is -2.31. The Morgan fingerprint density at radius 3 is 2.63 bits per heavy atom. The molecule has 2 aromatic rings. The van der Waals surface area contributed by atoms with Crippen LogP contribution >= 0.6 is 34.9 Å². The third kappa shape index (κ3) is 7.02. The highest BCUT2D eigenvalue weighted by molar-refractivity contribution is 7.98. The van der Waals surface area contributed by atoms with Gasteiger partial charge >= 0.3 is 12.0 Å². The van der Waals surface area contributed by atoms with Crippen molar-refractivity contribution in [3.05, 3.63) is 40.4 Å². The number of carbonyl (C=O) groups is 2. The van der Waals surface area contributed by atoms with Gasteiger partial charge in [-0.05, 0) is 56.3 Å². The van der Waals surface area contributed by atoms with Gasteiger partial charge in [-0.3, -0.25) is 5.32 Å². The van der Waals surface area contributed by atoms with E-state index in [0.29, 0.717) is 22.3 Å². The Morgan fingerprint density at radius 2 is 2.00 bits per heavy atom. The molecule has 2 amide bonds. The molecule has 0 saturated heterocycles. The quantitative estimate of drug-likeness (QED) is 0.414. The summed E-state index contributed by atoms with van der Waals surface area (Å²) in [6.07, 6.45) is 0.803. The molecule has 1 heterocycles. The van der Waals surface area contributed by atoms with Crippen LogP contribution in [0.25, 0.3) is 0 Å². The van der Waals surface area contributed by atoms with Gasteiger partial charge in [0.25, 0.3) is 0 Å². The Morgan fingerprint density at radius 1 is 1.30 bits per heavy atom. The molecule has 3 N–H and O–H groups in total. The molecule has 146 valence electrons. The number of thioether (sulfide) groups is 1. The van der Waals surface area contributed by atoms with Crippen LogP contribution in [0, 0.1) is 0 Å². The summed E-state index contributed by atoms with van der Waals surface area (Å²) < 4.78 is 4.19. The lowest BCUT2D eigenvalue weighted by atomic mass is 10.2. The van der Waals surface area contributed by atoms with Gasteiger partial charge in [0.1, 0.15) is 15.6 Å². The number of rotatable bonds is 9. The molecule has 2 rings (SSSR count). The summed E-state index contributed by atoms with van der Waals surface area (Å²) in [5.41, 5.74) is 1.02. The number of hydrogen-bond donors (Lipinski definition) is 3. The molecular weight excluding hydrogens is 408 g/mol. The van der Waals surface area contributed by atoms with E-state index >= 15 is 0 Å². The Labute approximate surface area is 171 Å². The molecule has 27 heavy (non-hydrogen) atoms. The number of halogens is 1. The van der Waals surface area contributed by atoms with Crippen molar-refractivity contribution in [2.45, 2.75) is 17.2 Å². The summed E-state index contributed by atoms with van der Waals surface area (Å²) in [5, 5.41) is 16.1. The van der Waals surface area contributed by atoms with E-state index in [-0.39, 0.29) is 10.6 Å². The topological polar surface area (TPSA) is 94.6 Å². The second-order valence-corrected chi connectivity index (χ2v) is 8.12. The van der Waals surface area contributed by atoms with Gasteiger partial charge in [-0.25, -0.2) is 9.59 Å². The molecule has 1 aromatic heterocycles. The lowest BCUT2D eigenvalue weighted by Gasteiger charge is -2.10. The minimum atomic E-state index is -1.12. The summed E-state index contributed by atoms with van der Waals surface area (Å²) in [7, 11) is 3.92. The Hall–Kier alpha value is -1.81. The Balaban J connectivity index is 1.96. The normalized spacial score (nSPS) is 10.8. The van der Waals surface area contributed by atoms with Crippen LogP contribution in [0.2, 0.25) is 5.02 Å². The van der Waals surface area contributed by atoms with Crippen LogP contribution < -0.4 is 10.6 Å². The van der Waals surface area contributed by atoms with Crippen molar-refractivity contribution in [2.75, 3.05) is 32.5 Å². The smallest absolute Gasteiger partial charge is 0.341 e. The van der Waals surface area contributed by atoms with Gasteiger partial charge in [0.2, 0.25) is 0 Å². The van der Waals surface area contributed by atoms with Crippen LogP contribution in [-0.4, -0.2) is 53.6 Å². The van der Waals surface area contributed by atoms with Crippen molar-refractivity contribution in [1.29, 1.82) is 0 Å². The third-order valence-corrected chi connectivity index (χ3v) is 5.63. The average molecular weight is 429 g/mol. The number of hydrogen-bond acceptors (Lipinski definition) is 6. The summed E-state index contributed by atoms with van der Waals surface area (Å²) >= 11 is 8.13. The molecule has 0 aliphatic heterocycles. The van der Waals surface area contributed by atoms with Crippen LogP contribution in [0.5, 0.6) is 0 Å². The van der Waals surface area contributed by atoms with E-state index in [4.69, 9.17) is 11.6 Å². The van der Waals surface area contributed by atoms with Crippen molar-refractivity contribution in [3.63, 3.8) is 0 Å². The number of nitrogens with one attached hydrogen (secondary N) is 2. The highest BCUT2D eigenvalue weighted by Crippen LogP contribution is 2.33. The number of anilines is 1. The van der Waals surface area contributed by atoms with Crippen molar-refractivity contribution >= 4 is 51.9 Å². The zero-order valence-electron chi connectivity index (χ0n) is 15.0. The van der Waals surface area contributed by atoms with E-state index in [9.17, 15) is 14.7 Å². The number of carbonyl (C=O) groups excluding carboxylic acids is 1. The molecular formula is C17H21ClN4O3S2. The van der Waals surface area contributed by atoms with E-state index in [1.54, 1.807) is 12.1 Å². The molecule has 0 aliphatic carbocycles. The molecule has 0 bridgehead atoms. The fourth-order valence-corrected chi connectivity index (χ4v) is 4.15. The van der Waals surface area contributed by atoms with Crippen LogP contribution in [-0.2, 0) is 5.75 Å². The number of nitrogens with zero attached hydrogens (tertiary/aromatic N) is 2. The molecule has 0 radical (unpaired) electrons. The first-order chi connectivity index (χ1) is 12.9. The predicted octanol–water partition coefficient (Wildman–Crippen LogP) is 3.86. The number of urea groups is 1. The van der Waals surface area contributed by atoms with Gasteiger partial charge < -0.3 is 15.3 Å². The van der Waals surface area contributed by atoms with Gasteiger partial charge in [-0.2, -0.15) is 4.37 Å². The molecule has 1 aromatic carbocycles. The Bertz CT molecular complexity index is 781. The lowest BCUT2D eigenvalue weighted by molar-refractivity contribution is 0.0694. The summed E-state index contributed by atoms with van der Waals surface area (Å²) in [6, 6.07) is 6.88. The first-order valence-corrected chi connectivity index (χ1v) is 10.3. The second kappa shape index (κ2) is 10.5. The van der Waals surface area contributed by atoms with Crippen molar-refractivity contribution in [2.24, 2.45) is 0 Å². The molecule has 0 aliphatic rings.